The molecule has 3 rings (SSSR count). The highest BCUT2D eigenvalue weighted by molar-refractivity contribution is 7.39. The number of rotatable bonds is 6. The maximum Gasteiger partial charge on any atom is 0.180 e. The molecule has 1 saturated heterocycles. The average Bonchev–Trinajstić information content (AvgIpc) is 2.64. The molecule has 0 saturated carbocycles. The first-order valence-corrected chi connectivity index (χ1v) is 11.4. The molecule has 5 nitrogen and oxygen atoms in total. The molecular formula is C19H31BN5P3. The van der Waals surface area contributed by atoms with Crippen molar-refractivity contribution >= 4 is 52.4 Å². The number of piperidine rings is 1. The number of hydrogen-bond donors (Lipinski definition) is 0. The van der Waals surface area contributed by atoms with Crippen LogP contribution in [0.1, 0.15) is 26.7 Å². The molecule has 28 heavy (non-hydrogen) atoms. The van der Waals surface area contributed by atoms with E-state index in [0.29, 0.717) is 17.6 Å². The van der Waals surface area contributed by atoms with Crippen LogP contribution >= 0.6 is 27.7 Å². The Bertz CT molecular complexity index is 803. The van der Waals surface area contributed by atoms with Crippen LogP contribution in [0.2, 0.25) is 0 Å². The lowest BCUT2D eigenvalue weighted by atomic mass is 9.84. The smallest absolute Gasteiger partial charge is 0.180 e. The second-order valence-electron chi connectivity index (χ2n) is 8.65. The minimum Gasteiger partial charge on any atom is -0.368 e. The molecule has 2 aromatic heterocycles. The van der Waals surface area contributed by atoms with E-state index in [-0.39, 0.29) is 9.95 Å². The molecule has 1 aliphatic heterocycles. The van der Waals surface area contributed by atoms with Crippen LogP contribution in [0.4, 0.5) is 5.69 Å². The number of fused-ring (bicyclic) bond motifs is 1. The van der Waals surface area contributed by atoms with Gasteiger partial charge in [-0.2, -0.15) is 0 Å². The molecule has 2 aromatic rings. The monoisotopic (exact) mass is 433 g/mol. The Kier molecular flexibility index (Phi) is 6.98. The van der Waals surface area contributed by atoms with Gasteiger partial charge in [0.2, 0.25) is 0 Å². The molecule has 6 atom stereocenters. The molecule has 0 N–H and O–H groups in total. The Labute approximate surface area is 177 Å². The van der Waals surface area contributed by atoms with Crippen molar-refractivity contribution in [3.8, 4) is 0 Å². The number of pyridine rings is 1. The predicted octanol–water partition coefficient (Wildman–Crippen LogP) is 2.77. The molecule has 9 heteroatoms. The van der Waals surface area contributed by atoms with Gasteiger partial charge in [-0.25, -0.2) is 15.0 Å². The van der Waals surface area contributed by atoms with Gasteiger partial charge in [-0.05, 0) is 38.4 Å². The summed E-state index contributed by atoms with van der Waals surface area (Å²) in [6.45, 7) is 7.26. The summed E-state index contributed by atoms with van der Waals surface area (Å²) in [5.74, 6) is 0.517. The summed E-state index contributed by atoms with van der Waals surface area (Å²) >= 11 is 0. The Morgan fingerprint density at radius 2 is 1.82 bits per heavy atom. The van der Waals surface area contributed by atoms with Crippen molar-refractivity contribution in [2.24, 2.45) is 5.92 Å². The minimum atomic E-state index is -0.228. The third kappa shape index (κ3) is 5.60. The summed E-state index contributed by atoms with van der Waals surface area (Å²) in [7, 11) is 17.2. The maximum absolute atomic E-state index is 6.19. The largest absolute Gasteiger partial charge is 0.368 e. The standard InChI is InChI=1S/C19H31BN5P3/c1-18(20,26)5-9-24(3)14-10-13(19(2,27)28)11-25(12-14)15-4-6-22-17-16(15)21-7-8-23-17/h4,6-8,13-14H,5,9-12,26-28H2,1-3H3. The normalized spacial score (nSPS) is 23.2. The average molecular weight is 433 g/mol. The fourth-order valence-corrected chi connectivity index (χ4v) is 4.37. The van der Waals surface area contributed by atoms with Crippen LogP contribution in [0.15, 0.2) is 24.7 Å². The Morgan fingerprint density at radius 1 is 1.14 bits per heavy atom. The van der Waals surface area contributed by atoms with Gasteiger partial charge in [0.1, 0.15) is 5.52 Å². The topological polar surface area (TPSA) is 45.2 Å². The molecule has 0 bridgehead atoms. The molecule has 3 heterocycles. The van der Waals surface area contributed by atoms with Crippen LogP contribution in [0, 0.1) is 5.92 Å². The van der Waals surface area contributed by atoms with Crippen LogP contribution in [-0.4, -0.2) is 70.4 Å². The first-order chi connectivity index (χ1) is 13.0. The number of nitrogens with zero attached hydrogens (tertiary/aromatic N) is 5. The zero-order valence-electron chi connectivity index (χ0n) is 17.0. The summed E-state index contributed by atoms with van der Waals surface area (Å²) in [5, 5.41) is -0.228. The van der Waals surface area contributed by atoms with Crippen LogP contribution in [0.25, 0.3) is 11.2 Å². The van der Waals surface area contributed by atoms with E-state index in [9.17, 15) is 0 Å². The van der Waals surface area contributed by atoms with Crippen molar-refractivity contribution in [3.05, 3.63) is 24.7 Å². The number of hydrogen-bond acceptors (Lipinski definition) is 5. The highest BCUT2D eigenvalue weighted by atomic mass is 31.1. The molecule has 0 spiro atoms. The van der Waals surface area contributed by atoms with Gasteiger partial charge in [-0.1, -0.05) is 18.9 Å². The lowest BCUT2D eigenvalue weighted by Crippen LogP contribution is -2.53. The molecule has 1 aliphatic rings. The van der Waals surface area contributed by atoms with E-state index in [1.165, 1.54) is 0 Å². The van der Waals surface area contributed by atoms with Gasteiger partial charge in [0.15, 0.2) is 5.65 Å². The van der Waals surface area contributed by atoms with Gasteiger partial charge in [0.25, 0.3) is 0 Å². The summed E-state index contributed by atoms with van der Waals surface area (Å²) < 4.78 is 0. The van der Waals surface area contributed by atoms with E-state index < -0.39 is 0 Å². The van der Waals surface area contributed by atoms with Crippen molar-refractivity contribution in [1.82, 2.24) is 19.9 Å². The van der Waals surface area contributed by atoms with Crippen LogP contribution < -0.4 is 4.90 Å². The summed E-state index contributed by atoms with van der Waals surface area (Å²) in [4.78, 5) is 18.3. The van der Waals surface area contributed by atoms with Gasteiger partial charge in [0.05, 0.1) is 13.5 Å². The zero-order chi connectivity index (χ0) is 20.5. The van der Waals surface area contributed by atoms with Crippen molar-refractivity contribution in [3.63, 3.8) is 0 Å². The van der Waals surface area contributed by atoms with Crippen molar-refractivity contribution in [2.75, 3.05) is 31.6 Å². The molecule has 2 radical (unpaired) electrons. The molecular weight excluding hydrogens is 402 g/mol. The second-order valence-corrected chi connectivity index (χ2v) is 13.1. The van der Waals surface area contributed by atoms with Gasteiger partial charge >= 0.3 is 0 Å². The van der Waals surface area contributed by atoms with Crippen LogP contribution in [-0.2, 0) is 0 Å². The Hall–Kier alpha value is -0.395. The lowest BCUT2D eigenvalue weighted by Gasteiger charge is -2.47. The minimum absolute atomic E-state index is 0.0786. The maximum atomic E-state index is 6.19. The first-order valence-electron chi connectivity index (χ1n) is 9.71. The molecule has 0 aromatic carbocycles. The third-order valence-corrected chi connectivity index (χ3v) is 6.86. The van der Waals surface area contributed by atoms with Crippen molar-refractivity contribution in [1.29, 1.82) is 0 Å². The van der Waals surface area contributed by atoms with E-state index in [0.717, 1.165) is 43.7 Å². The number of aromatic nitrogens is 3. The molecule has 150 valence electrons. The molecule has 1 fully saturated rings. The Morgan fingerprint density at radius 3 is 2.50 bits per heavy atom. The van der Waals surface area contributed by atoms with Gasteiger partial charge in [0, 0.05) is 42.6 Å². The summed E-state index contributed by atoms with van der Waals surface area (Å²) in [6, 6.07) is 2.52. The quantitative estimate of drug-likeness (QED) is 0.518. The highest BCUT2D eigenvalue weighted by Gasteiger charge is 2.36. The molecule has 0 aliphatic carbocycles. The zero-order valence-corrected chi connectivity index (χ0v) is 20.5. The van der Waals surface area contributed by atoms with Crippen molar-refractivity contribution < 1.29 is 0 Å². The van der Waals surface area contributed by atoms with Gasteiger partial charge in [-0.3, -0.25) is 0 Å². The predicted molar refractivity (Wildman–Crippen MR) is 130 cm³/mol. The van der Waals surface area contributed by atoms with Crippen LogP contribution in [0.3, 0.4) is 0 Å². The SMILES string of the molecule is [B]C(C)(P)CCN(C)C1CC(C(C)(P)P)CN(c2ccnc3nccnc23)C1. The summed E-state index contributed by atoms with van der Waals surface area (Å²) in [5.41, 5.74) is 2.70. The fraction of sp³-hybridized carbons (Fsp3) is 0.632. The number of anilines is 1. The van der Waals surface area contributed by atoms with Gasteiger partial charge < -0.3 is 9.80 Å². The lowest BCUT2D eigenvalue weighted by molar-refractivity contribution is 0.179. The highest BCUT2D eigenvalue weighted by Crippen LogP contribution is 2.41. The number of likely N-dealkylation sites (N-methyl/N-ethyl adjacent to an activating group) is 1. The van der Waals surface area contributed by atoms with E-state index in [1.807, 2.05) is 6.20 Å². The second kappa shape index (κ2) is 8.77. The van der Waals surface area contributed by atoms with E-state index >= 15 is 0 Å². The van der Waals surface area contributed by atoms with Crippen molar-refractivity contribution in [2.45, 2.75) is 42.7 Å². The van der Waals surface area contributed by atoms with E-state index in [4.69, 9.17) is 7.85 Å². The fourth-order valence-electron chi connectivity index (χ4n) is 3.76. The van der Waals surface area contributed by atoms with Crippen LogP contribution in [0.5, 0.6) is 0 Å². The van der Waals surface area contributed by atoms with Gasteiger partial charge in [-0.15, -0.1) is 27.7 Å². The first kappa shape index (κ1) is 22.3. The van der Waals surface area contributed by atoms with E-state index in [1.54, 1.807) is 12.4 Å². The third-order valence-electron chi connectivity index (χ3n) is 5.63. The summed E-state index contributed by atoms with van der Waals surface area (Å²) in [6.07, 6.45) is 7.38. The Balaban J connectivity index is 1.88. The van der Waals surface area contributed by atoms with E-state index in [2.05, 4.69) is 79.4 Å². The molecule has 6 unspecified atom stereocenters. The molecule has 0 amide bonds.